The number of aliphatic hydroxyl groups excluding tert-OH is 2. The average molecular weight is 307 g/mol. The molecule has 0 heterocycles. The first-order valence-corrected chi connectivity index (χ1v) is 7.25. The van der Waals surface area contributed by atoms with E-state index in [-0.39, 0.29) is 10.6 Å². The molecule has 2 atom stereocenters. The highest BCUT2D eigenvalue weighted by atomic mass is 16.6. The minimum atomic E-state index is -1.02. The van der Waals surface area contributed by atoms with Gasteiger partial charge in [0.05, 0.1) is 15.7 Å². The van der Waals surface area contributed by atoms with Crippen molar-refractivity contribution in [3.8, 4) is 0 Å². The topological polar surface area (TPSA) is 83.6 Å². The second-order valence-corrected chi connectivity index (χ2v) is 5.66. The SMILES string of the molecule is O=[N+]([O-])c1c2ccccc2cc2c3c(ccc12)[C@H](O)[C@@H](O)C=C3. The molecule has 114 valence electrons. The molecule has 5 nitrogen and oxygen atoms in total. The molecule has 3 aromatic carbocycles. The van der Waals surface area contributed by atoms with Crippen LogP contribution in [0.4, 0.5) is 5.69 Å². The predicted molar refractivity (Wildman–Crippen MR) is 88.1 cm³/mol. The molecule has 0 fully saturated rings. The van der Waals surface area contributed by atoms with E-state index >= 15 is 0 Å². The Bertz CT molecular complexity index is 993. The number of rotatable bonds is 1. The fourth-order valence-corrected chi connectivity index (χ4v) is 3.28. The van der Waals surface area contributed by atoms with Gasteiger partial charge in [0.15, 0.2) is 0 Å². The second kappa shape index (κ2) is 4.87. The van der Waals surface area contributed by atoms with E-state index in [1.807, 2.05) is 18.2 Å². The van der Waals surface area contributed by atoms with Gasteiger partial charge in [0.1, 0.15) is 12.2 Å². The van der Waals surface area contributed by atoms with Gasteiger partial charge in [-0.3, -0.25) is 10.1 Å². The Labute approximate surface area is 131 Å². The van der Waals surface area contributed by atoms with Crippen molar-refractivity contribution in [2.45, 2.75) is 12.2 Å². The molecule has 0 aromatic heterocycles. The number of fused-ring (bicyclic) bond motifs is 4. The van der Waals surface area contributed by atoms with Crippen LogP contribution in [0.25, 0.3) is 27.6 Å². The summed E-state index contributed by atoms with van der Waals surface area (Å²) in [5, 5.41) is 34.1. The van der Waals surface area contributed by atoms with Crippen molar-refractivity contribution in [3.05, 3.63) is 69.8 Å². The Balaban J connectivity index is 2.19. The Morgan fingerprint density at radius 1 is 1.00 bits per heavy atom. The van der Waals surface area contributed by atoms with E-state index in [0.717, 1.165) is 5.39 Å². The summed E-state index contributed by atoms with van der Waals surface area (Å²) in [6.45, 7) is 0. The summed E-state index contributed by atoms with van der Waals surface area (Å²) < 4.78 is 0. The lowest BCUT2D eigenvalue weighted by Gasteiger charge is -2.23. The zero-order valence-corrected chi connectivity index (χ0v) is 12.0. The van der Waals surface area contributed by atoms with Crippen LogP contribution >= 0.6 is 0 Å². The molecule has 5 heteroatoms. The van der Waals surface area contributed by atoms with E-state index in [0.29, 0.717) is 27.3 Å². The summed E-state index contributed by atoms with van der Waals surface area (Å²) in [6.07, 6.45) is 1.24. The lowest BCUT2D eigenvalue weighted by molar-refractivity contribution is -0.381. The maximum atomic E-state index is 11.6. The van der Waals surface area contributed by atoms with Crippen LogP contribution in [0.15, 0.2) is 48.5 Å². The Morgan fingerprint density at radius 2 is 1.78 bits per heavy atom. The number of aliphatic hydroxyl groups is 2. The molecule has 0 saturated carbocycles. The highest BCUT2D eigenvalue weighted by molar-refractivity contribution is 6.10. The number of hydrogen-bond donors (Lipinski definition) is 2. The normalized spacial score (nSPS) is 19.9. The summed E-state index contributed by atoms with van der Waals surface area (Å²) in [5.41, 5.74) is 1.36. The lowest BCUT2D eigenvalue weighted by Crippen LogP contribution is -2.19. The number of nitro benzene ring substituents is 1. The first-order valence-electron chi connectivity index (χ1n) is 7.25. The number of nitro groups is 1. The smallest absolute Gasteiger partial charge is 0.284 e. The summed E-state index contributed by atoms with van der Waals surface area (Å²) in [4.78, 5) is 11.2. The van der Waals surface area contributed by atoms with Crippen LogP contribution in [0, 0.1) is 10.1 Å². The quantitative estimate of drug-likeness (QED) is 0.410. The Kier molecular flexibility index (Phi) is 2.94. The lowest BCUT2D eigenvalue weighted by atomic mass is 9.87. The van der Waals surface area contributed by atoms with Gasteiger partial charge in [0.2, 0.25) is 0 Å². The molecule has 0 amide bonds. The maximum absolute atomic E-state index is 11.6. The van der Waals surface area contributed by atoms with Gasteiger partial charge in [-0.15, -0.1) is 0 Å². The zero-order valence-electron chi connectivity index (χ0n) is 12.0. The number of nitrogens with zero attached hydrogens (tertiary/aromatic N) is 1. The van der Waals surface area contributed by atoms with Crippen LogP contribution in [-0.2, 0) is 0 Å². The fourth-order valence-electron chi connectivity index (χ4n) is 3.28. The predicted octanol–water partition coefficient (Wildman–Crippen LogP) is 3.32. The molecule has 1 aliphatic rings. The van der Waals surface area contributed by atoms with Crippen molar-refractivity contribution in [3.63, 3.8) is 0 Å². The van der Waals surface area contributed by atoms with Gasteiger partial charge in [-0.2, -0.15) is 0 Å². The number of non-ortho nitro benzene ring substituents is 1. The zero-order chi connectivity index (χ0) is 16.1. The van der Waals surface area contributed by atoms with Crippen LogP contribution < -0.4 is 0 Å². The second-order valence-electron chi connectivity index (χ2n) is 5.66. The molecule has 1 aliphatic carbocycles. The van der Waals surface area contributed by atoms with E-state index in [1.165, 1.54) is 6.08 Å². The van der Waals surface area contributed by atoms with Crippen LogP contribution in [0.3, 0.4) is 0 Å². The average Bonchev–Trinajstić information content (AvgIpc) is 2.55. The first kappa shape index (κ1) is 13.9. The Hall–Kier alpha value is -2.76. The summed E-state index contributed by atoms with van der Waals surface area (Å²) in [7, 11) is 0. The van der Waals surface area contributed by atoms with Gasteiger partial charge in [-0.1, -0.05) is 36.4 Å². The molecular formula is C18H13NO4. The molecule has 2 N–H and O–H groups in total. The van der Waals surface area contributed by atoms with Gasteiger partial charge >= 0.3 is 0 Å². The van der Waals surface area contributed by atoms with Crippen LogP contribution in [0.5, 0.6) is 0 Å². The molecule has 0 spiro atoms. The van der Waals surface area contributed by atoms with Gasteiger partial charge in [-0.25, -0.2) is 0 Å². The van der Waals surface area contributed by atoms with Gasteiger partial charge in [0.25, 0.3) is 5.69 Å². The number of hydrogen-bond acceptors (Lipinski definition) is 4. The third-order valence-corrected chi connectivity index (χ3v) is 4.38. The van der Waals surface area contributed by atoms with Crippen molar-refractivity contribution in [2.24, 2.45) is 0 Å². The molecule has 4 rings (SSSR count). The number of benzene rings is 3. The monoisotopic (exact) mass is 307 g/mol. The van der Waals surface area contributed by atoms with E-state index in [2.05, 4.69) is 0 Å². The highest BCUT2D eigenvalue weighted by Crippen LogP contribution is 2.40. The van der Waals surface area contributed by atoms with Gasteiger partial charge < -0.3 is 10.2 Å². The summed E-state index contributed by atoms with van der Waals surface area (Å²) in [5.74, 6) is 0. The highest BCUT2D eigenvalue weighted by Gasteiger charge is 2.26. The van der Waals surface area contributed by atoms with Crippen molar-refractivity contribution in [1.29, 1.82) is 0 Å². The van der Waals surface area contributed by atoms with E-state index < -0.39 is 12.2 Å². The Morgan fingerprint density at radius 3 is 2.57 bits per heavy atom. The van der Waals surface area contributed by atoms with Crippen LogP contribution in [-0.4, -0.2) is 21.2 Å². The third kappa shape index (κ3) is 1.94. The largest absolute Gasteiger partial charge is 0.386 e. The van der Waals surface area contributed by atoms with Crippen LogP contribution in [0.1, 0.15) is 17.2 Å². The van der Waals surface area contributed by atoms with Crippen LogP contribution in [0.2, 0.25) is 0 Å². The minimum Gasteiger partial charge on any atom is -0.386 e. The summed E-state index contributed by atoms with van der Waals surface area (Å²) in [6, 6.07) is 12.4. The molecule has 23 heavy (non-hydrogen) atoms. The molecule has 3 aromatic rings. The van der Waals surface area contributed by atoms with Gasteiger partial charge in [-0.05, 0) is 40.1 Å². The fraction of sp³-hybridized carbons (Fsp3) is 0.111. The molecule has 0 radical (unpaired) electrons. The van der Waals surface area contributed by atoms with E-state index in [4.69, 9.17) is 0 Å². The van der Waals surface area contributed by atoms with E-state index in [1.54, 1.807) is 30.3 Å². The van der Waals surface area contributed by atoms with Gasteiger partial charge in [0, 0.05) is 0 Å². The van der Waals surface area contributed by atoms with Crippen molar-refractivity contribution < 1.29 is 15.1 Å². The molecule has 0 bridgehead atoms. The summed E-state index contributed by atoms with van der Waals surface area (Å²) >= 11 is 0. The molecule has 0 unspecified atom stereocenters. The van der Waals surface area contributed by atoms with E-state index in [9.17, 15) is 20.3 Å². The maximum Gasteiger partial charge on any atom is 0.284 e. The van der Waals surface area contributed by atoms with Crippen molar-refractivity contribution in [2.75, 3.05) is 0 Å². The standard InChI is InChI=1S/C18H13NO4/c20-16-8-7-12-14(18(16)21)6-5-13-15(12)9-10-3-1-2-4-11(10)17(13)19(22)23/h1-9,16,18,20-21H/t16-,18-/m0/s1. The molecule has 0 aliphatic heterocycles. The molecular weight excluding hydrogens is 294 g/mol. The molecule has 0 saturated heterocycles. The van der Waals surface area contributed by atoms with Crippen molar-refractivity contribution >= 4 is 33.3 Å². The third-order valence-electron chi connectivity index (χ3n) is 4.38. The first-order chi connectivity index (χ1) is 11.1. The minimum absolute atomic E-state index is 0.0647. The van der Waals surface area contributed by atoms with Crippen molar-refractivity contribution in [1.82, 2.24) is 0 Å².